The van der Waals surface area contributed by atoms with Gasteiger partial charge in [0.2, 0.25) is 0 Å². The first-order chi connectivity index (χ1) is 21.9. The molecule has 0 fully saturated rings. The standard InChI is InChI=1S/C36H26N4O4S/c1-23-33(36(43)44-2)39-22-26(32-18-17-30(45-32)19-25(21-37)35(41)42)20-31(34(39)38-23)24-13-15-29(16-14-24)40(27-9-5-3-6-10-27)28-11-7-4-8-12-28/h3-20,22H,1-2H3,(H,41,42)/b25-19-. The number of esters is 1. The van der Waals surface area contributed by atoms with Gasteiger partial charge in [0, 0.05) is 44.1 Å². The number of carbonyl (C=O) groups is 2. The summed E-state index contributed by atoms with van der Waals surface area (Å²) in [5, 5.41) is 18.5. The highest BCUT2D eigenvalue weighted by Gasteiger charge is 2.22. The highest BCUT2D eigenvalue weighted by atomic mass is 32.1. The van der Waals surface area contributed by atoms with Crippen LogP contribution in [-0.2, 0) is 9.53 Å². The molecule has 0 saturated carbocycles. The number of imidazole rings is 1. The molecule has 0 unspecified atom stereocenters. The number of rotatable bonds is 8. The van der Waals surface area contributed by atoms with Crippen LogP contribution in [0, 0.1) is 18.3 Å². The Kier molecular flexibility index (Phi) is 7.97. The third-order valence-electron chi connectivity index (χ3n) is 7.29. The second-order valence-electron chi connectivity index (χ2n) is 10.1. The van der Waals surface area contributed by atoms with Crippen molar-refractivity contribution in [1.29, 1.82) is 5.26 Å². The molecule has 0 atom stereocenters. The van der Waals surface area contributed by atoms with E-state index in [2.05, 4.69) is 41.3 Å². The Morgan fingerprint density at radius 2 is 1.53 bits per heavy atom. The van der Waals surface area contributed by atoms with Crippen LogP contribution in [0.25, 0.3) is 33.3 Å². The van der Waals surface area contributed by atoms with Crippen LogP contribution in [0.15, 0.2) is 115 Å². The molecule has 3 aromatic carbocycles. The van der Waals surface area contributed by atoms with Crippen molar-refractivity contribution in [3.63, 3.8) is 0 Å². The largest absolute Gasteiger partial charge is 0.477 e. The number of fused-ring (bicyclic) bond motifs is 1. The van der Waals surface area contributed by atoms with Crippen molar-refractivity contribution in [2.45, 2.75) is 6.92 Å². The highest BCUT2D eigenvalue weighted by molar-refractivity contribution is 7.16. The number of hydrogen-bond acceptors (Lipinski definition) is 7. The number of ether oxygens (including phenoxy) is 1. The fraction of sp³-hybridized carbons (Fsp3) is 0.0556. The molecule has 0 radical (unpaired) electrons. The number of anilines is 3. The maximum absolute atomic E-state index is 12.8. The number of thiophene rings is 1. The Morgan fingerprint density at radius 3 is 2.11 bits per heavy atom. The molecule has 0 bridgehead atoms. The van der Waals surface area contributed by atoms with Gasteiger partial charge in [-0.3, -0.25) is 4.40 Å². The molecule has 0 saturated heterocycles. The maximum atomic E-state index is 12.8. The highest BCUT2D eigenvalue weighted by Crippen LogP contribution is 2.38. The molecule has 220 valence electrons. The van der Waals surface area contributed by atoms with Gasteiger partial charge in [0.15, 0.2) is 5.69 Å². The van der Waals surface area contributed by atoms with E-state index < -0.39 is 11.9 Å². The molecule has 0 aliphatic carbocycles. The van der Waals surface area contributed by atoms with Crippen LogP contribution >= 0.6 is 11.3 Å². The number of aromatic nitrogens is 2. The number of methoxy groups -OCH3 is 1. The molecule has 9 heteroatoms. The third kappa shape index (κ3) is 5.70. The van der Waals surface area contributed by atoms with Crippen molar-refractivity contribution in [2.24, 2.45) is 0 Å². The molecule has 3 heterocycles. The molecular formula is C36H26N4O4S. The Morgan fingerprint density at radius 1 is 0.911 bits per heavy atom. The minimum Gasteiger partial charge on any atom is -0.477 e. The molecule has 0 amide bonds. The van der Waals surface area contributed by atoms with Gasteiger partial charge in [0.1, 0.15) is 17.3 Å². The summed E-state index contributed by atoms with van der Waals surface area (Å²) in [6.07, 6.45) is 3.18. The second-order valence-corrected chi connectivity index (χ2v) is 11.2. The van der Waals surface area contributed by atoms with Crippen molar-refractivity contribution in [2.75, 3.05) is 12.0 Å². The SMILES string of the molecule is COC(=O)c1c(C)nc2c(-c3ccc(N(c4ccccc4)c4ccccc4)cc3)cc(-c3ccc(/C=C(/C#N)C(=O)O)s3)cn12. The molecule has 0 aliphatic rings. The average molecular weight is 611 g/mol. The predicted molar refractivity (Wildman–Crippen MR) is 176 cm³/mol. The van der Waals surface area contributed by atoms with Crippen molar-refractivity contribution in [3.8, 4) is 27.6 Å². The van der Waals surface area contributed by atoms with Gasteiger partial charge in [0.25, 0.3) is 0 Å². The van der Waals surface area contributed by atoms with E-state index in [0.717, 1.165) is 38.6 Å². The number of nitrogens with zero attached hydrogens (tertiary/aromatic N) is 4. The van der Waals surface area contributed by atoms with Gasteiger partial charge in [-0.15, -0.1) is 11.3 Å². The van der Waals surface area contributed by atoms with E-state index in [9.17, 15) is 20.0 Å². The van der Waals surface area contributed by atoms with Crippen LogP contribution < -0.4 is 4.90 Å². The molecule has 0 aliphatic heterocycles. The third-order valence-corrected chi connectivity index (χ3v) is 8.37. The molecular weight excluding hydrogens is 584 g/mol. The number of hydrogen-bond donors (Lipinski definition) is 1. The van der Waals surface area contributed by atoms with E-state index in [4.69, 9.17) is 9.72 Å². The average Bonchev–Trinajstić information content (AvgIpc) is 3.68. The summed E-state index contributed by atoms with van der Waals surface area (Å²) in [4.78, 5) is 32.6. The Balaban J connectivity index is 1.49. The topological polar surface area (TPSA) is 108 Å². The monoisotopic (exact) mass is 610 g/mol. The van der Waals surface area contributed by atoms with E-state index >= 15 is 0 Å². The van der Waals surface area contributed by atoms with Gasteiger partial charge in [-0.2, -0.15) is 5.26 Å². The first-order valence-corrected chi connectivity index (χ1v) is 14.8. The molecule has 45 heavy (non-hydrogen) atoms. The summed E-state index contributed by atoms with van der Waals surface area (Å²) < 4.78 is 6.83. The number of para-hydroxylation sites is 2. The van der Waals surface area contributed by atoms with Crippen LogP contribution in [0.5, 0.6) is 0 Å². The molecule has 8 nitrogen and oxygen atoms in total. The summed E-state index contributed by atoms with van der Waals surface area (Å²) >= 11 is 1.34. The zero-order valence-corrected chi connectivity index (χ0v) is 25.2. The maximum Gasteiger partial charge on any atom is 0.356 e. The molecule has 0 spiro atoms. The van der Waals surface area contributed by atoms with Gasteiger partial charge in [0.05, 0.1) is 12.8 Å². The number of carbonyl (C=O) groups excluding carboxylic acids is 1. The Hall–Kier alpha value is -5.98. The van der Waals surface area contributed by atoms with Gasteiger partial charge >= 0.3 is 11.9 Å². The normalized spacial score (nSPS) is 11.3. The Bertz CT molecular complexity index is 2070. The van der Waals surface area contributed by atoms with E-state index in [1.54, 1.807) is 23.5 Å². The van der Waals surface area contributed by atoms with Gasteiger partial charge in [-0.1, -0.05) is 48.5 Å². The van der Waals surface area contributed by atoms with Crippen LogP contribution in [0.2, 0.25) is 0 Å². The Labute approximate surface area is 263 Å². The second kappa shape index (κ2) is 12.3. The zero-order valence-electron chi connectivity index (χ0n) is 24.3. The van der Waals surface area contributed by atoms with Crippen LogP contribution in [0.1, 0.15) is 21.1 Å². The summed E-state index contributed by atoms with van der Waals surface area (Å²) in [6, 6.07) is 35.8. The number of benzene rings is 3. The number of nitriles is 1. The molecule has 3 aromatic heterocycles. The van der Waals surface area contributed by atoms with Crippen molar-refractivity contribution < 1.29 is 19.4 Å². The minimum absolute atomic E-state index is 0.320. The first kappa shape index (κ1) is 29.1. The number of carboxylic acids is 1. The first-order valence-electron chi connectivity index (χ1n) is 13.9. The number of carboxylic acid groups (broad SMARTS) is 1. The van der Waals surface area contributed by atoms with Crippen molar-refractivity contribution >= 4 is 52.1 Å². The zero-order chi connectivity index (χ0) is 31.5. The van der Waals surface area contributed by atoms with Gasteiger partial charge in [-0.05, 0) is 73.2 Å². The minimum atomic E-state index is -1.28. The fourth-order valence-corrected chi connectivity index (χ4v) is 6.14. The lowest BCUT2D eigenvalue weighted by atomic mass is 10.0. The van der Waals surface area contributed by atoms with Gasteiger partial charge < -0.3 is 14.7 Å². The lowest BCUT2D eigenvalue weighted by Gasteiger charge is -2.25. The fourth-order valence-electron chi connectivity index (χ4n) is 5.21. The number of pyridine rings is 1. The smallest absolute Gasteiger partial charge is 0.356 e. The lowest BCUT2D eigenvalue weighted by Crippen LogP contribution is -2.09. The summed E-state index contributed by atoms with van der Waals surface area (Å²) in [6.45, 7) is 1.77. The number of aryl methyl sites for hydroxylation is 1. The van der Waals surface area contributed by atoms with Crippen LogP contribution in [0.4, 0.5) is 17.1 Å². The predicted octanol–water partition coefficient (Wildman–Crippen LogP) is 8.29. The van der Waals surface area contributed by atoms with E-state index in [1.165, 1.54) is 24.5 Å². The van der Waals surface area contributed by atoms with Gasteiger partial charge in [-0.25, -0.2) is 14.6 Å². The molecule has 6 rings (SSSR count). The molecule has 6 aromatic rings. The van der Waals surface area contributed by atoms with Crippen LogP contribution in [-0.4, -0.2) is 33.5 Å². The van der Waals surface area contributed by atoms with Crippen molar-refractivity contribution in [1.82, 2.24) is 9.38 Å². The van der Waals surface area contributed by atoms with E-state index in [1.807, 2.05) is 66.9 Å². The summed E-state index contributed by atoms with van der Waals surface area (Å²) in [5.41, 5.74) is 6.61. The summed E-state index contributed by atoms with van der Waals surface area (Å²) in [5.74, 6) is -1.79. The summed E-state index contributed by atoms with van der Waals surface area (Å²) in [7, 11) is 1.34. The van der Waals surface area contributed by atoms with Crippen LogP contribution in [0.3, 0.4) is 0 Å². The molecule has 1 N–H and O–H groups in total. The van der Waals surface area contributed by atoms with E-state index in [-0.39, 0.29) is 5.57 Å². The quantitative estimate of drug-likeness (QED) is 0.105. The number of aliphatic carboxylic acids is 1. The lowest BCUT2D eigenvalue weighted by molar-refractivity contribution is -0.132. The van der Waals surface area contributed by atoms with E-state index in [0.29, 0.717) is 21.9 Å². The van der Waals surface area contributed by atoms with Crippen molar-refractivity contribution in [3.05, 3.63) is 131 Å².